The molecule has 1 aromatic rings. The van der Waals surface area contributed by atoms with Crippen molar-refractivity contribution >= 4 is 19.4 Å². The molecule has 0 aliphatic heterocycles. The van der Waals surface area contributed by atoms with Gasteiger partial charge in [-0.2, -0.15) is 0 Å². The van der Waals surface area contributed by atoms with Crippen LogP contribution in [0.25, 0.3) is 0 Å². The number of hydrogen-bond donors (Lipinski definition) is 1. The fourth-order valence-corrected chi connectivity index (χ4v) is 0.602. The minimum Gasteiger partial charge on any atom is -0.366 e. The molecule has 0 heterocycles. The number of nitrogens with two attached hydrogens (primary N) is 1. The molecule has 2 radical (unpaired) electrons. The van der Waals surface area contributed by atoms with Crippen LogP contribution in [-0.4, -0.2) is 5.91 Å². The lowest BCUT2D eigenvalue weighted by Crippen LogP contribution is -2.09. The maximum Gasteiger partial charge on any atom is 0.248 e. The molecule has 0 spiro atoms. The Kier molecular flexibility index (Phi) is 3.57. The van der Waals surface area contributed by atoms with Crippen molar-refractivity contribution < 1.29 is 4.79 Å². The topological polar surface area (TPSA) is 43.1 Å². The highest BCUT2D eigenvalue weighted by molar-refractivity contribution is 7.59. The van der Waals surface area contributed by atoms with E-state index in [1.165, 1.54) is 0 Å². The summed E-state index contributed by atoms with van der Waals surface area (Å²) in [6.45, 7) is 0. The van der Waals surface area contributed by atoms with Crippen LogP contribution in [0.4, 0.5) is 0 Å². The maximum atomic E-state index is 10.4. The number of hydrogen-bond acceptors (Lipinski definition) is 1. The van der Waals surface area contributed by atoms with Crippen molar-refractivity contribution in [2.45, 2.75) is 0 Å². The minimum atomic E-state index is -0.379. The van der Waals surface area contributed by atoms with E-state index < -0.39 is 0 Å². The molecule has 0 aliphatic rings. The largest absolute Gasteiger partial charge is 0.366 e. The molecule has 0 unspecified atom stereocenters. The van der Waals surface area contributed by atoms with Crippen molar-refractivity contribution in [1.29, 1.82) is 0 Å². The van der Waals surface area contributed by atoms with Gasteiger partial charge >= 0.3 is 0 Å². The highest BCUT2D eigenvalue weighted by Gasteiger charge is 1.93. The molecule has 0 saturated heterocycles. The van der Waals surface area contributed by atoms with E-state index in [1.807, 2.05) is 6.07 Å². The second kappa shape index (κ2) is 3.95. The van der Waals surface area contributed by atoms with Gasteiger partial charge in [-0.25, -0.2) is 0 Å². The number of rotatable bonds is 1. The van der Waals surface area contributed by atoms with Gasteiger partial charge in [0.25, 0.3) is 0 Å². The maximum absolute atomic E-state index is 10.4. The predicted octanol–water partition coefficient (Wildman–Crippen LogP) is 1.43. The lowest BCUT2D eigenvalue weighted by atomic mass is 10.2. The Hall–Kier alpha value is -0.960. The van der Waals surface area contributed by atoms with Crippen molar-refractivity contribution in [2.75, 3.05) is 0 Å². The average Bonchev–Trinajstić information content (AvgIpc) is 1.90. The number of amides is 1. The molecule has 0 aliphatic carbocycles. The van der Waals surface area contributed by atoms with Gasteiger partial charge in [-0.05, 0) is 12.1 Å². The normalized spacial score (nSPS) is 8.00. The van der Waals surface area contributed by atoms with Crippen LogP contribution in [-0.2, 0) is 0 Å². The van der Waals surface area contributed by atoms with Crippen molar-refractivity contribution in [3.63, 3.8) is 0 Å². The third-order valence-electron chi connectivity index (χ3n) is 1.06. The first kappa shape index (κ1) is 9.04. The molecule has 3 heteroatoms. The van der Waals surface area contributed by atoms with Gasteiger partial charge in [0.2, 0.25) is 5.91 Å². The Labute approximate surface area is 66.5 Å². The Morgan fingerprint density at radius 1 is 1.20 bits per heavy atom. The summed E-state index contributed by atoms with van der Waals surface area (Å²) in [6, 6.07) is 8.76. The zero-order chi connectivity index (χ0) is 6.69. The molecule has 0 bridgehead atoms. The molecule has 2 nitrogen and oxygen atoms in total. The Morgan fingerprint density at radius 3 is 2.00 bits per heavy atom. The first-order valence-electron chi connectivity index (χ1n) is 2.65. The third-order valence-corrected chi connectivity index (χ3v) is 1.06. The zero-order valence-electron chi connectivity index (χ0n) is 5.28. The van der Waals surface area contributed by atoms with Crippen molar-refractivity contribution in [2.24, 2.45) is 5.73 Å². The van der Waals surface area contributed by atoms with Crippen molar-refractivity contribution in [1.82, 2.24) is 0 Å². The quantitative estimate of drug-likeness (QED) is 0.651. The Morgan fingerprint density at radius 2 is 1.70 bits per heavy atom. The van der Waals surface area contributed by atoms with Crippen LogP contribution in [0.3, 0.4) is 0 Å². The molecule has 0 aromatic heterocycles. The molecule has 52 valence electrons. The number of carbonyl (C=O) groups excluding carboxylic acids is 1. The highest BCUT2D eigenvalue weighted by atomic mass is 32.1. The van der Waals surface area contributed by atoms with Gasteiger partial charge in [0.1, 0.15) is 0 Å². The van der Waals surface area contributed by atoms with E-state index >= 15 is 0 Å². The lowest BCUT2D eigenvalue weighted by molar-refractivity contribution is 0.100. The Bertz CT molecular complexity index is 210. The summed E-state index contributed by atoms with van der Waals surface area (Å²) in [5.74, 6) is -0.379. The summed E-state index contributed by atoms with van der Waals surface area (Å²) in [7, 11) is 0. The average molecular weight is 153 g/mol. The second-order valence-corrected chi connectivity index (χ2v) is 1.73. The van der Waals surface area contributed by atoms with Gasteiger partial charge in [-0.15, -0.1) is 0 Å². The van der Waals surface area contributed by atoms with Crippen LogP contribution in [0.5, 0.6) is 0 Å². The fourth-order valence-electron chi connectivity index (χ4n) is 0.602. The molecular formula is C7H7NOS. The molecule has 0 saturated carbocycles. The lowest BCUT2D eigenvalue weighted by Gasteiger charge is -1.89. The third kappa shape index (κ3) is 2.11. The number of primary amides is 1. The molecule has 1 rings (SSSR count). The standard InChI is InChI=1S/C7H7NO.S/c8-7(9)6-4-2-1-3-5-6;/h1-5H,(H2,8,9);. The zero-order valence-corrected chi connectivity index (χ0v) is 6.10. The monoisotopic (exact) mass is 153 g/mol. The summed E-state index contributed by atoms with van der Waals surface area (Å²) < 4.78 is 0. The van der Waals surface area contributed by atoms with Crippen LogP contribution in [0.15, 0.2) is 30.3 Å². The summed E-state index contributed by atoms with van der Waals surface area (Å²) in [5.41, 5.74) is 5.53. The second-order valence-electron chi connectivity index (χ2n) is 1.73. The van der Waals surface area contributed by atoms with Gasteiger partial charge < -0.3 is 5.73 Å². The highest BCUT2D eigenvalue weighted by Crippen LogP contribution is 1.94. The molecule has 2 N–H and O–H groups in total. The first-order valence-corrected chi connectivity index (χ1v) is 2.65. The Balaban J connectivity index is 0.000000810. The van der Waals surface area contributed by atoms with Crippen LogP contribution < -0.4 is 5.73 Å². The summed E-state index contributed by atoms with van der Waals surface area (Å²) in [6.07, 6.45) is 0. The van der Waals surface area contributed by atoms with Crippen LogP contribution in [0.2, 0.25) is 0 Å². The SMILES string of the molecule is NC(=O)c1ccccc1.[S]. The molecular weight excluding hydrogens is 146 g/mol. The van der Waals surface area contributed by atoms with Gasteiger partial charge in [-0.3, -0.25) is 4.79 Å². The van der Waals surface area contributed by atoms with Crippen LogP contribution in [0.1, 0.15) is 10.4 Å². The van der Waals surface area contributed by atoms with E-state index in [0.29, 0.717) is 5.56 Å². The summed E-state index contributed by atoms with van der Waals surface area (Å²) >= 11 is 0. The molecule has 10 heavy (non-hydrogen) atoms. The van der Waals surface area contributed by atoms with Crippen LogP contribution in [0, 0.1) is 0 Å². The van der Waals surface area contributed by atoms with E-state index in [1.54, 1.807) is 24.3 Å². The van der Waals surface area contributed by atoms with Gasteiger partial charge in [0.05, 0.1) is 0 Å². The molecule has 0 fully saturated rings. The van der Waals surface area contributed by atoms with Crippen LogP contribution >= 0.6 is 13.5 Å². The fraction of sp³-hybridized carbons (Fsp3) is 0. The summed E-state index contributed by atoms with van der Waals surface area (Å²) in [5, 5.41) is 0. The first-order chi connectivity index (χ1) is 4.30. The minimum absolute atomic E-state index is 0. The van der Waals surface area contributed by atoms with E-state index in [0.717, 1.165) is 0 Å². The van der Waals surface area contributed by atoms with Gasteiger partial charge in [-0.1, -0.05) is 18.2 Å². The number of carbonyl (C=O) groups is 1. The van der Waals surface area contributed by atoms with E-state index in [9.17, 15) is 4.79 Å². The molecule has 1 amide bonds. The van der Waals surface area contributed by atoms with E-state index in [4.69, 9.17) is 5.73 Å². The number of benzene rings is 1. The van der Waals surface area contributed by atoms with Gasteiger partial charge in [0, 0.05) is 19.1 Å². The molecule has 0 atom stereocenters. The van der Waals surface area contributed by atoms with E-state index in [-0.39, 0.29) is 19.4 Å². The van der Waals surface area contributed by atoms with Crippen molar-refractivity contribution in [3.05, 3.63) is 35.9 Å². The molecule has 1 aromatic carbocycles. The smallest absolute Gasteiger partial charge is 0.248 e. The van der Waals surface area contributed by atoms with Gasteiger partial charge in [0.15, 0.2) is 0 Å². The van der Waals surface area contributed by atoms with E-state index in [2.05, 4.69) is 0 Å². The summed E-state index contributed by atoms with van der Waals surface area (Å²) in [4.78, 5) is 10.4. The predicted molar refractivity (Wildman–Crippen MR) is 42.6 cm³/mol. The van der Waals surface area contributed by atoms with Crippen molar-refractivity contribution in [3.8, 4) is 0 Å².